The van der Waals surface area contributed by atoms with Crippen LogP contribution in [0.25, 0.3) is 6.08 Å². The van der Waals surface area contributed by atoms with E-state index in [0.29, 0.717) is 5.69 Å². The smallest absolute Gasteiger partial charge is 0.178 e. The van der Waals surface area contributed by atoms with Gasteiger partial charge in [0.15, 0.2) is 16.5 Å². The van der Waals surface area contributed by atoms with Gasteiger partial charge >= 0.3 is 0 Å². The SMILES string of the molecule is CCCCCCCCCCCCCCCCN1/C(=C/c2nc(C#N)c(C#N)nc2Cl)C(C)(C)c2ccccc21. The van der Waals surface area contributed by atoms with Crippen molar-refractivity contribution in [3.63, 3.8) is 0 Å². The Labute approximate surface area is 240 Å². The molecule has 1 aliphatic rings. The Balaban J connectivity index is 1.54. The minimum atomic E-state index is -0.252. The van der Waals surface area contributed by atoms with Crippen LogP contribution in [0.1, 0.15) is 133 Å². The van der Waals surface area contributed by atoms with Gasteiger partial charge in [-0.3, -0.25) is 0 Å². The average molecular weight is 546 g/mol. The van der Waals surface area contributed by atoms with Gasteiger partial charge in [0.2, 0.25) is 0 Å². The van der Waals surface area contributed by atoms with Crippen LogP contribution < -0.4 is 4.90 Å². The first-order chi connectivity index (χ1) is 18.9. The van der Waals surface area contributed by atoms with Crippen LogP contribution in [-0.2, 0) is 5.41 Å². The van der Waals surface area contributed by atoms with E-state index >= 15 is 0 Å². The van der Waals surface area contributed by atoms with Gasteiger partial charge in [0.25, 0.3) is 0 Å². The highest BCUT2D eigenvalue weighted by atomic mass is 35.5. The van der Waals surface area contributed by atoms with Crippen LogP contribution in [0.15, 0.2) is 30.0 Å². The molecular formula is C33H44ClN5. The predicted octanol–water partition coefficient (Wildman–Crippen LogP) is 9.49. The van der Waals surface area contributed by atoms with Crippen molar-refractivity contribution in [2.75, 3.05) is 11.4 Å². The van der Waals surface area contributed by atoms with Crippen molar-refractivity contribution in [2.24, 2.45) is 0 Å². The molecule has 1 aromatic heterocycles. The molecule has 1 aromatic carbocycles. The number of fused-ring (bicyclic) bond motifs is 1. The molecule has 0 N–H and O–H groups in total. The molecule has 39 heavy (non-hydrogen) atoms. The normalized spacial score (nSPS) is 14.8. The van der Waals surface area contributed by atoms with E-state index in [-0.39, 0.29) is 22.0 Å². The van der Waals surface area contributed by atoms with Crippen LogP contribution in [0, 0.1) is 22.7 Å². The fraction of sp³-hybridized carbons (Fsp3) is 0.576. The number of rotatable bonds is 16. The number of nitrogens with zero attached hydrogens (tertiary/aromatic N) is 5. The molecule has 0 aliphatic carbocycles. The molecule has 0 amide bonds. The van der Waals surface area contributed by atoms with Gasteiger partial charge in [-0.2, -0.15) is 10.5 Å². The van der Waals surface area contributed by atoms with Crippen LogP contribution in [0.2, 0.25) is 5.15 Å². The van der Waals surface area contributed by atoms with E-state index in [0.717, 1.165) is 18.7 Å². The summed E-state index contributed by atoms with van der Waals surface area (Å²) in [6.45, 7) is 7.60. The Morgan fingerprint density at radius 2 is 1.31 bits per heavy atom. The van der Waals surface area contributed by atoms with Crippen LogP contribution in [0.4, 0.5) is 5.69 Å². The Hall–Kier alpha value is -2.89. The topological polar surface area (TPSA) is 76.6 Å². The second kappa shape index (κ2) is 15.6. The lowest BCUT2D eigenvalue weighted by Crippen LogP contribution is -2.27. The molecule has 208 valence electrons. The molecule has 0 saturated heterocycles. The van der Waals surface area contributed by atoms with Crippen molar-refractivity contribution in [1.82, 2.24) is 9.97 Å². The molecule has 0 atom stereocenters. The number of nitriles is 2. The lowest BCUT2D eigenvalue weighted by atomic mass is 9.83. The highest BCUT2D eigenvalue weighted by molar-refractivity contribution is 6.30. The van der Waals surface area contributed by atoms with Crippen molar-refractivity contribution in [2.45, 2.75) is 116 Å². The first kappa shape index (κ1) is 30.6. The van der Waals surface area contributed by atoms with Gasteiger partial charge in [-0.1, -0.05) is 134 Å². The van der Waals surface area contributed by atoms with E-state index in [1.54, 1.807) is 0 Å². The Morgan fingerprint density at radius 3 is 1.87 bits per heavy atom. The molecule has 2 heterocycles. The van der Waals surface area contributed by atoms with E-state index in [1.807, 2.05) is 18.2 Å². The van der Waals surface area contributed by atoms with Crippen molar-refractivity contribution in [3.8, 4) is 12.1 Å². The zero-order valence-electron chi connectivity index (χ0n) is 24.1. The third-order valence-electron chi connectivity index (χ3n) is 7.90. The van der Waals surface area contributed by atoms with Crippen molar-refractivity contribution >= 4 is 23.4 Å². The standard InChI is InChI=1S/C33H44ClN5/c1-4-5-6-7-8-9-10-11-12-13-14-15-16-19-22-39-30-21-18-17-20-26(30)33(2,3)31(39)23-27-32(34)38-29(25-36)28(24-35)37-27/h17-18,20-21,23H,4-16,19,22H2,1-3H3/b31-23+. The minimum absolute atomic E-state index is 0.000547. The summed E-state index contributed by atoms with van der Waals surface area (Å²) in [6, 6.07) is 12.4. The second-order valence-electron chi connectivity index (χ2n) is 11.2. The monoisotopic (exact) mass is 545 g/mol. The van der Waals surface area contributed by atoms with E-state index in [9.17, 15) is 10.5 Å². The van der Waals surface area contributed by atoms with Gasteiger partial charge in [0.1, 0.15) is 17.8 Å². The summed E-state index contributed by atoms with van der Waals surface area (Å²) in [7, 11) is 0. The predicted molar refractivity (Wildman–Crippen MR) is 162 cm³/mol. The fourth-order valence-corrected chi connectivity index (χ4v) is 5.79. The molecular weight excluding hydrogens is 502 g/mol. The van der Waals surface area contributed by atoms with Crippen molar-refractivity contribution < 1.29 is 0 Å². The van der Waals surface area contributed by atoms with Crippen molar-refractivity contribution in [3.05, 3.63) is 57.8 Å². The maximum Gasteiger partial charge on any atom is 0.178 e. The number of hydrogen-bond donors (Lipinski definition) is 0. The Kier molecular flexibility index (Phi) is 12.3. The summed E-state index contributed by atoms with van der Waals surface area (Å²) in [4.78, 5) is 10.9. The quantitative estimate of drug-likeness (QED) is 0.196. The summed E-state index contributed by atoms with van der Waals surface area (Å²) in [5.41, 5.74) is 3.69. The lowest BCUT2D eigenvalue weighted by molar-refractivity contribution is 0.535. The molecule has 0 fully saturated rings. The third kappa shape index (κ3) is 8.30. The van der Waals surface area contributed by atoms with E-state index in [4.69, 9.17) is 11.6 Å². The van der Waals surface area contributed by atoms with E-state index in [2.05, 4.69) is 59.9 Å². The molecule has 3 rings (SSSR count). The zero-order valence-corrected chi connectivity index (χ0v) is 24.9. The fourth-order valence-electron chi connectivity index (χ4n) is 5.61. The molecule has 0 radical (unpaired) electrons. The summed E-state index contributed by atoms with van der Waals surface area (Å²) in [5.74, 6) is 0. The molecule has 0 spiro atoms. The van der Waals surface area contributed by atoms with Crippen LogP contribution >= 0.6 is 11.6 Å². The van der Waals surface area contributed by atoms with Gasteiger partial charge in [-0.25, -0.2) is 9.97 Å². The number of aromatic nitrogens is 2. The highest BCUT2D eigenvalue weighted by Gasteiger charge is 2.39. The lowest BCUT2D eigenvalue weighted by Gasteiger charge is -2.27. The number of benzene rings is 1. The van der Waals surface area contributed by atoms with Gasteiger partial charge in [0.05, 0.1) is 0 Å². The average Bonchev–Trinajstić information content (AvgIpc) is 3.15. The van der Waals surface area contributed by atoms with E-state index in [1.165, 1.54) is 94.7 Å². The minimum Gasteiger partial charge on any atom is -0.344 e. The molecule has 1 aliphatic heterocycles. The summed E-state index contributed by atoms with van der Waals surface area (Å²) >= 11 is 6.41. The number of hydrogen-bond acceptors (Lipinski definition) is 5. The number of allylic oxidation sites excluding steroid dienone is 1. The van der Waals surface area contributed by atoms with Gasteiger partial charge in [-0.05, 0) is 24.1 Å². The van der Waals surface area contributed by atoms with E-state index < -0.39 is 0 Å². The summed E-state index contributed by atoms with van der Waals surface area (Å²) in [6.07, 6.45) is 20.7. The molecule has 2 aromatic rings. The van der Waals surface area contributed by atoms with Crippen LogP contribution in [0.5, 0.6) is 0 Å². The third-order valence-corrected chi connectivity index (χ3v) is 8.18. The first-order valence-corrected chi connectivity index (χ1v) is 15.3. The van der Waals surface area contributed by atoms with Gasteiger partial charge in [0, 0.05) is 23.3 Å². The largest absolute Gasteiger partial charge is 0.344 e. The van der Waals surface area contributed by atoms with Gasteiger partial charge < -0.3 is 4.90 Å². The molecule has 0 unspecified atom stereocenters. The molecule has 5 nitrogen and oxygen atoms in total. The summed E-state index contributed by atoms with van der Waals surface area (Å²) < 4.78 is 0. The van der Waals surface area contributed by atoms with Gasteiger partial charge in [-0.15, -0.1) is 0 Å². The Morgan fingerprint density at radius 1 is 0.795 bits per heavy atom. The first-order valence-electron chi connectivity index (χ1n) is 14.9. The number of unbranched alkanes of at least 4 members (excludes halogenated alkanes) is 13. The number of anilines is 1. The Bertz CT molecular complexity index is 1190. The van der Waals surface area contributed by atoms with Crippen LogP contribution in [-0.4, -0.2) is 16.5 Å². The number of halogens is 1. The van der Waals surface area contributed by atoms with Crippen molar-refractivity contribution in [1.29, 1.82) is 10.5 Å². The molecule has 6 heteroatoms. The maximum absolute atomic E-state index is 9.44. The number of para-hydroxylation sites is 1. The highest BCUT2D eigenvalue weighted by Crippen LogP contribution is 2.48. The zero-order chi connectivity index (χ0) is 28.1. The maximum atomic E-state index is 9.44. The molecule has 0 bridgehead atoms. The summed E-state index contributed by atoms with van der Waals surface area (Å²) in [5, 5.41) is 18.8. The molecule has 0 saturated carbocycles. The van der Waals surface area contributed by atoms with Crippen LogP contribution in [0.3, 0.4) is 0 Å². The second-order valence-corrected chi connectivity index (χ2v) is 11.6.